The minimum Gasteiger partial charge on any atom is -0.493 e. The van der Waals surface area contributed by atoms with Gasteiger partial charge < -0.3 is 24.8 Å². The summed E-state index contributed by atoms with van der Waals surface area (Å²) in [6.07, 6.45) is 4.75. The molecular formula is C23H34N2O4S. The summed E-state index contributed by atoms with van der Waals surface area (Å²) < 4.78 is 18.7. The predicted octanol–water partition coefficient (Wildman–Crippen LogP) is 3.24. The fourth-order valence-corrected chi connectivity index (χ4v) is 5.75. The molecule has 3 aliphatic heterocycles. The van der Waals surface area contributed by atoms with Gasteiger partial charge in [0.15, 0.2) is 11.5 Å². The number of likely N-dealkylation sites (tertiary alicyclic amines) is 1. The number of hydrogen-bond acceptors (Lipinski definition) is 6. The highest BCUT2D eigenvalue weighted by atomic mass is 32.2. The third kappa shape index (κ3) is 3.92. The van der Waals surface area contributed by atoms with Crippen LogP contribution in [-0.4, -0.2) is 60.8 Å². The van der Waals surface area contributed by atoms with Crippen molar-refractivity contribution in [1.82, 2.24) is 4.90 Å². The van der Waals surface area contributed by atoms with Gasteiger partial charge in [0.1, 0.15) is 5.60 Å². The van der Waals surface area contributed by atoms with Gasteiger partial charge in [0.2, 0.25) is 5.91 Å². The summed E-state index contributed by atoms with van der Waals surface area (Å²) in [6.45, 7) is 5.71. The number of thioether (sulfide) groups is 1. The van der Waals surface area contributed by atoms with E-state index >= 15 is 0 Å². The lowest BCUT2D eigenvalue weighted by Gasteiger charge is -2.53. The first-order valence-corrected chi connectivity index (χ1v) is 12.3. The van der Waals surface area contributed by atoms with Crippen LogP contribution in [0.5, 0.6) is 11.5 Å². The number of nitrogens with zero attached hydrogens (tertiary/aromatic N) is 1. The number of carbonyl (C=O) groups is 1. The third-order valence-corrected chi connectivity index (χ3v) is 7.61. The molecule has 0 spiro atoms. The van der Waals surface area contributed by atoms with Crippen LogP contribution in [0.1, 0.15) is 44.8 Å². The molecule has 1 aromatic rings. The second-order valence-electron chi connectivity index (χ2n) is 9.24. The van der Waals surface area contributed by atoms with Crippen molar-refractivity contribution in [1.29, 1.82) is 0 Å². The number of para-hydroxylation sites is 1. The molecule has 0 aromatic heterocycles. The fourth-order valence-electron chi connectivity index (χ4n) is 5.26. The number of amides is 1. The molecule has 1 amide bonds. The highest BCUT2D eigenvalue weighted by Crippen LogP contribution is 2.55. The van der Waals surface area contributed by atoms with E-state index in [1.54, 1.807) is 18.9 Å². The van der Waals surface area contributed by atoms with E-state index in [1.807, 2.05) is 23.3 Å². The zero-order valence-corrected chi connectivity index (χ0v) is 19.2. The van der Waals surface area contributed by atoms with Crippen LogP contribution < -0.4 is 15.2 Å². The van der Waals surface area contributed by atoms with Gasteiger partial charge in [-0.05, 0) is 51.2 Å². The molecule has 30 heavy (non-hydrogen) atoms. The predicted molar refractivity (Wildman–Crippen MR) is 119 cm³/mol. The maximum atomic E-state index is 12.8. The molecule has 0 aliphatic carbocycles. The van der Waals surface area contributed by atoms with Crippen LogP contribution in [0.25, 0.3) is 0 Å². The van der Waals surface area contributed by atoms with Crippen LogP contribution in [0.3, 0.4) is 0 Å². The fraction of sp³-hybridized carbons (Fsp3) is 0.696. The van der Waals surface area contributed by atoms with Gasteiger partial charge in [-0.3, -0.25) is 4.79 Å². The number of hydrogen-bond donors (Lipinski definition) is 1. The Labute approximate surface area is 183 Å². The summed E-state index contributed by atoms with van der Waals surface area (Å²) in [7, 11) is 1.67. The van der Waals surface area contributed by atoms with E-state index in [1.165, 1.54) is 0 Å². The van der Waals surface area contributed by atoms with Crippen molar-refractivity contribution in [3.05, 3.63) is 23.8 Å². The average Bonchev–Trinajstić information content (AvgIpc) is 2.75. The van der Waals surface area contributed by atoms with Crippen molar-refractivity contribution >= 4 is 17.7 Å². The van der Waals surface area contributed by atoms with Crippen molar-refractivity contribution in [2.45, 2.75) is 57.0 Å². The van der Waals surface area contributed by atoms with Gasteiger partial charge in [-0.15, -0.1) is 0 Å². The normalized spacial score (nSPS) is 30.4. The van der Waals surface area contributed by atoms with Crippen molar-refractivity contribution in [2.24, 2.45) is 17.6 Å². The molecule has 2 N–H and O–H groups in total. The first-order chi connectivity index (χ1) is 14.4. The number of nitrogens with two attached hydrogens (primary N) is 1. The van der Waals surface area contributed by atoms with Gasteiger partial charge in [0.25, 0.3) is 0 Å². The maximum Gasteiger partial charge on any atom is 0.239 e. The summed E-state index contributed by atoms with van der Waals surface area (Å²) in [5, 5.41) is 0. The zero-order chi connectivity index (χ0) is 21.5. The van der Waals surface area contributed by atoms with Crippen LogP contribution in [-0.2, 0) is 9.53 Å². The van der Waals surface area contributed by atoms with E-state index < -0.39 is 6.04 Å². The Kier molecular flexibility index (Phi) is 6.24. The Morgan fingerprint density at radius 1 is 1.43 bits per heavy atom. The van der Waals surface area contributed by atoms with Crippen LogP contribution in [0.2, 0.25) is 0 Å². The SMILES string of the molecule is COc1cccc2c1OC(C)(C)[C@@H]1C[C@H]3CN(C(=O)[C@H](N)CCSC)CC[C@H]3O[C@@H]21. The Morgan fingerprint density at radius 2 is 2.23 bits per heavy atom. The molecule has 1 aromatic carbocycles. The van der Waals surface area contributed by atoms with Gasteiger partial charge >= 0.3 is 0 Å². The summed E-state index contributed by atoms with van der Waals surface area (Å²) in [5.41, 5.74) is 6.87. The molecule has 0 radical (unpaired) electrons. The van der Waals surface area contributed by atoms with E-state index in [-0.39, 0.29) is 29.6 Å². The number of carbonyl (C=O) groups excluding carboxylic acids is 1. The van der Waals surface area contributed by atoms with E-state index in [0.29, 0.717) is 5.92 Å². The minimum absolute atomic E-state index is 0.00816. The summed E-state index contributed by atoms with van der Waals surface area (Å²) in [4.78, 5) is 14.8. The molecule has 0 unspecified atom stereocenters. The number of benzene rings is 1. The van der Waals surface area contributed by atoms with Crippen molar-refractivity contribution in [3.63, 3.8) is 0 Å². The molecule has 5 atom stereocenters. The molecule has 6 nitrogen and oxygen atoms in total. The zero-order valence-electron chi connectivity index (χ0n) is 18.4. The summed E-state index contributed by atoms with van der Waals surface area (Å²) in [6, 6.07) is 5.63. The van der Waals surface area contributed by atoms with Gasteiger partial charge in [-0.1, -0.05) is 12.1 Å². The quantitative estimate of drug-likeness (QED) is 0.767. The van der Waals surface area contributed by atoms with Gasteiger partial charge in [0, 0.05) is 30.5 Å². The highest BCUT2D eigenvalue weighted by Gasteiger charge is 2.52. The minimum atomic E-state index is -0.403. The lowest BCUT2D eigenvalue weighted by Crippen LogP contribution is -2.57. The summed E-state index contributed by atoms with van der Waals surface area (Å²) >= 11 is 1.73. The standard InChI is InChI=1S/C23H34N2O4S/c1-23(2)16-12-14-13-25(22(26)17(24)9-11-30-4)10-8-18(14)28-20(16)15-6-5-7-19(27-3)21(15)29-23/h5-7,14,16-18,20H,8-13,24H2,1-4H3/t14-,16+,17+,18+,20-/m0/s1. The smallest absolute Gasteiger partial charge is 0.239 e. The molecule has 2 fully saturated rings. The topological polar surface area (TPSA) is 74.0 Å². The van der Waals surface area contributed by atoms with Crippen molar-refractivity contribution in [3.8, 4) is 11.5 Å². The molecule has 4 rings (SSSR count). The van der Waals surface area contributed by atoms with E-state index in [4.69, 9.17) is 19.9 Å². The second kappa shape index (κ2) is 8.60. The van der Waals surface area contributed by atoms with Crippen molar-refractivity contribution in [2.75, 3.05) is 32.2 Å². The van der Waals surface area contributed by atoms with E-state index in [0.717, 1.165) is 55.2 Å². The van der Waals surface area contributed by atoms with Crippen LogP contribution in [0.4, 0.5) is 0 Å². The molecule has 7 heteroatoms. The van der Waals surface area contributed by atoms with Crippen molar-refractivity contribution < 1.29 is 19.0 Å². The molecule has 3 aliphatic rings. The maximum absolute atomic E-state index is 12.8. The second-order valence-corrected chi connectivity index (χ2v) is 10.2. The van der Waals surface area contributed by atoms with Gasteiger partial charge in [0.05, 0.1) is 25.4 Å². The largest absolute Gasteiger partial charge is 0.493 e. The van der Waals surface area contributed by atoms with Crippen LogP contribution >= 0.6 is 11.8 Å². The molecule has 0 bridgehead atoms. The lowest BCUT2D eigenvalue weighted by molar-refractivity contribution is -0.189. The first kappa shape index (κ1) is 21.8. The van der Waals surface area contributed by atoms with E-state index in [9.17, 15) is 4.79 Å². The third-order valence-electron chi connectivity index (χ3n) is 6.96. The number of methoxy groups -OCH3 is 1. The molecule has 166 valence electrons. The van der Waals surface area contributed by atoms with Gasteiger partial charge in [-0.2, -0.15) is 11.8 Å². The van der Waals surface area contributed by atoms with Crippen LogP contribution in [0.15, 0.2) is 18.2 Å². The average molecular weight is 435 g/mol. The Bertz CT molecular complexity index is 786. The Balaban J connectivity index is 1.52. The number of rotatable bonds is 5. The Morgan fingerprint density at radius 3 is 2.97 bits per heavy atom. The number of piperidine rings is 1. The lowest BCUT2D eigenvalue weighted by atomic mass is 9.70. The highest BCUT2D eigenvalue weighted by molar-refractivity contribution is 7.98. The molecule has 2 saturated heterocycles. The number of ether oxygens (including phenoxy) is 3. The summed E-state index contributed by atoms with van der Waals surface area (Å²) in [5.74, 6) is 3.08. The molecule has 3 heterocycles. The van der Waals surface area contributed by atoms with Crippen LogP contribution in [0, 0.1) is 11.8 Å². The first-order valence-electron chi connectivity index (χ1n) is 10.9. The Hall–Kier alpha value is -1.44. The van der Waals surface area contributed by atoms with Gasteiger partial charge in [-0.25, -0.2) is 0 Å². The molecular weight excluding hydrogens is 400 g/mol. The monoisotopic (exact) mass is 434 g/mol. The number of fused-ring (bicyclic) bond motifs is 4. The molecule has 0 saturated carbocycles. The van der Waals surface area contributed by atoms with E-state index in [2.05, 4.69) is 19.9 Å².